The van der Waals surface area contributed by atoms with E-state index in [1.165, 1.54) is 0 Å². The van der Waals surface area contributed by atoms with Gasteiger partial charge in [-0.05, 0) is 37.8 Å². The van der Waals surface area contributed by atoms with Crippen molar-refractivity contribution in [1.29, 1.82) is 0 Å². The zero-order valence-corrected chi connectivity index (χ0v) is 10.6. The molecule has 0 amide bonds. The summed E-state index contributed by atoms with van der Waals surface area (Å²) >= 11 is 0. The molecule has 0 spiro atoms. The number of hydrogen-bond donors (Lipinski definition) is 1. The summed E-state index contributed by atoms with van der Waals surface area (Å²) < 4.78 is 1.76. The van der Waals surface area contributed by atoms with Crippen molar-refractivity contribution in [3.8, 4) is 0 Å². The highest BCUT2D eigenvalue weighted by atomic mass is 16.3. The number of hydrogen-bond acceptors (Lipinski definition) is 2. The molecule has 0 atom stereocenters. The second kappa shape index (κ2) is 5.30. The first-order chi connectivity index (χ1) is 7.47. The third-order valence-electron chi connectivity index (χ3n) is 2.92. The van der Waals surface area contributed by atoms with Crippen molar-refractivity contribution in [2.24, 2.45) is 5.92 Å². The Labute approximate surface area is 96.7 Å². The van der Waals surface area contributed by atoms with Gasteiger partial charge in [0.25, 0.3) is 5.56 Å². The van der Waals surface area contributed by atoms with E-state index in [0.717, 1.165) is 24.2 Å². The number of rotatable bonds is 4. The third-order valence-corrected chi connectivity index (χ3v) is 2.92. The molecular formula is C13H21NO2. The van der Waals surface area contributed by atoms with Crippen LogP contribution in [-0.4, -0.2) is 9.67 Å². The van der Waals surface area contributed by atoms with Gasteiger partial charge in [0.15, 0.2) is 0 Å². The molecule has 0 fully saturated rings. The molecule has 0 aliphatic carbocycles. The van der Waals surface area contributed by atoms with Gasteiger partial charge in [0.05, 0.1) is 6.61 Å². The van der Waals surface area contributed by atoms with E-state index in [2.05, 4.69) is 13.8 Å². The first kappa shape index (κ1) is 13.0. The Bertz CT molecular complexity index is 419. The molecule has 0 saturated carbocycles. The summed E-state index contributed by atoms with van der Waals surface area (Å²) in [4.78, 5) is 12.1. The minimum atomic E-state index is -0.174. The fourth-order valence-electron chi connectivity index (χ4n) is 1.83. The van der Waals surface area contributed by atoms with E-state index in [0.29, 0.717) is 11.5 Å². The van der Waals surface area contributed by atoms with Gasteiger partial charge in [0.2, 0.25) is 0 Å². The molecule has 16 heavy (non-hydrogen) atoms. The van der Waals surface area contributed by atoms with E-state index >= 15 is 0 Å². The van der Waals surface area contributed by atoms with Crippen molar-refractivity contribution in [2.45, 2.75) is 47.3 Å². The molecule has 0 aliphatic heterocycles. The van der Waals surface area contributed by atoms with Crippen LogP contribution in [0.25, 0.3) is 0 Å². The lowest BCUT2D eigenvalue weighted by Crippen LogP contribution is -2.27. The second-order valence-electron chi connectivity index (χ2n) is 4.74. The molecule has 0 radical (unpaired) electrons. The Morgan fingerprint density at radius 1 is 1.38 bits per heavy atom. The fraction of sp³-hybridized carbons (Fsp3) is 0.615. The first-order valence-corrected chi connectivity index (χ1v) is 5.78. The lowest BCUT2D eigenvalue weighted by Gasteiger charge is -2.14. The number of aromatic nitrogens is 1. The summed E-state index contributed by atoms with van der Waals surface area (Å²) in [6, 6.07) is 1.97. The SMILES string of the molecule is Cc1cc(C)n(CCC(C)C)c(=O)c1CO. The zero-order valence-electron chi connectivity index (χ0n) is 10.6. The van der Waals surface area contributed by atoms with Crippen molar-refractivity contribution < 1.29 is 5.11 Å². The number of aryl methyl sites for hydroxylation is 2. The van der Waals surface area contributed by atoms with Gasteiger partial charge in [-0.3, -0.25) is 4.79 Å². The Morgan fingerprint density at radius 3 is 2.50 bits per heavy atom. The Morgan fingerprint density at radius 2 is 2.00 bits per heavy atom. The van der Waals surface area contributed by atoms with E-state index in [9.17, 15) is 9.90 Å². The number of pyridine rings is 1. The standard InChI is InChI=1S/C13H21NO2/c1-9(2)5-6-14-11(4)7-10(3)12(8-15)13(14)16/h7,9,15H,5-6,8H2,1-4H3. The van der Waals surface area contributed by atoms with Crippen LogP contribution in [0.4, 0.5) is 0 Å². The van der Waals surface area contributed by atoms with Crippen molar-refractivity contribution in [2.75, 3.05) is 0 Å². The summed E-state index contributed by atoms with van der Waals surface area (Å²) in [6.45, 7) is 8.65. The summed E-state index contributed by atoms with van der Waals surface area (Å²) in [5.74, 6) is 0.574. The van der Waals surface area contributed by atoms with Crippen LogP contribution in [0.3, 0.4) is 0 Å². The third kappa shape index (κ3) is 2.73. The molecule has 0 unspecified atom stereocenters. The molecule has 0 bridgehead atoms. The molecule has 1 N–H and O–H groups in total. The van der Waals surface area contributed by atoms with Crippen LogP contribution in [0.1, 0.15) is 37.1 Å². The van der Waals surface area contributed by atoms with Gasteiger partial charge in [0, 0.05) is 17.8 Å². The smallest absolute Gasteiger partial charge is 0.256 e. The average molecular weight is 223 g/mol. The maximum Gasteiger partial charge on any atom is 0.256 e. The van der Waals surface area contributed by atoms with Crippen molar-refractivity contribution in [3.05, 3.63) is 33.2 Å². The summed E-state index contributed by atoms with van der Waals surface area (Å²) in [6.07, 6.45) is 0.981. The van der Waals surface area contributed by atoms with Crippen molar-refractivity contribution in [3.63, 3.8) is 0 Å². The zero-order chi connectivity index (χ0) is 12.3. The molecule has 0 aliphatic rings. The van der Waals surface area contributed by atoms with Gasteiger partial charge >= 0.3 is 0 Å². The van der Waals surface area contributed by atoms with E-state index in [-0.39, 0.29) is 12.2 Å². The van der Waals surface area contributed by atoms with Gasteiger partial charge in [0.1, 0.15) is 0 Å². The van der Waals surface area contributed by atoms with E-state index in [4.69, 9.17) is 0 Å². The molecule has 90 valence electrons. The number of aliphatic hydroxyl groups is 1. The minimum absolute atomic E-state index is 0.0411. The van der Waals surface area contributed by atoms with Gasteiger partial charge in [-0.1, -0.05) is 13.8 Å². The van der Waals surface area contributed by atoms with Crippen LogP contribution in [0, 0.1) is 19.8 Å². The largest absolute Gasteiger partial charge is 0.391 e. The molecule has 0 aromatic carbocycles. The van der Waals surface area contributed by atoms with Gasteiger partial charge in [-0.25, -0.2) is 0 Å². The van der Waals surface area contributed by atoms with Crippen LogP contribution >= 0.6 is 0 Å². The summed E-state index contributed by atoms with van der Waals surface area (Å²) in [7, 11) is 0. The van der Waals surface area contributed by atoms with Gasteiger partial charge in [-0.15, -0.1) is 0 Å². The number of nitrogens with zero attached hydrogens (tertiary/aromatic N) is 1. The molecule has 3 heteroatoms. The predicted molar refractivity (Wildman–Crippen MR) is 65.6 cm³/mol. The van der Waals surface area contributed by atoms with Crippen molar-refractivity contribution in [1.82, 2.24) is 4.57 Å². The highest BCUT2D eigenvalue weighted by Gasteiger charge is 2.09. The molecule has 0 saturated heterocycles. The Balaban J connectivity index is 3.13. The number of aliphatic hydroxyl groups excluding tert-OH is 1. The molecular weight excluding hydrogens is 202 g/mol. The highest BCUT2D eigenvalue weighted by molar-refractivity contribution is 5.25. The van der Waals surface area contributed by atoms with Crippen molar-refractivity contribution >= 4 is 0 Å². The lowest BCUT2D eigenvalue weighted by molar-refractivity contribution is 0.278. The molecule has 1 aromatic heterocycles. The molecule has 3 nitrogen and oxygen atoms in total. The Hall–Kier alpha value is -1.09. The monoisotopic (exact) mass is 223 g/mol. The fourth-order valence-corrected chi connectivity index (χ4v) is 1.83. The molecule has 1 rings (SSSR count). The van der Waals surface area contributed by atoms with Gasteiger partial charge < -0.3 is 9.67 Å². The van der Waals surface area contributed by atoms with Crippen LogP contribution in [-0.2, 0) is 13.2 Å². The van der Waals surface area contributed by atoms with E-state index in [1.54, 1.807) is 4.57 Å². The summed E-state index contributed by atoms with van der Waals surface area (Å²) in [5.41, 5.74) is 2.33. The maximum atomic E-state index is 12.1. The average Bonchev–Trinajstić information content (AvgIpc) is 2.16. The maximum absolute atomic E-state index is 12.1. The van der Waals surface area contributed by atoms with Crippen LogP contribution in [0.5, 0.6) is 0 Å². The second-order valence-corrected chi connectivity index (χ2v) is 4.74. The normalized spacial score (nSPS) is 11.1. The Kier molecular flexibility index (Phi) is 4.30. The van der Waals surface area contributed by atoms with Crippen LogP contribution < -0.4 is 5.56 Å². The lowest BCUT2D eigenvalue weighted by atomic mass is 10.1. The quantitative estimate of drug-likeness (QED) is 0.848. The molecule has 1 heterocycles. The van der Waals surface area contributed by atoms with Gasteiger partial charge in [-0.2, -0.15) is 0 Å². The topological polar surface area (TPSA) is 42.2 Å². The van der Waals surface area contributed by atoms with E-state index in [1.807, 2.05) is 19.9 Å². The highest BCUT2D eigenvalue weighted by Crippen LogP contribution is 2.08. The molecule has 1 aromatic rings. The van der Waals surface area contributed by atoms with Crippen LogP contribution in [0.2, 0.25) is 0 Å². The van der Waals surface area contributed by atoms with E-state index < -0.39 is 0 Å². The summed E-state index contributed by atoms with van der Waals surface area (Å²) in [5, 5.41) is 9.18. The predicted octanol–water partition coefficient (Wildman–Crippen LogP) is 2.00. The van der Waals surface area contributed by atoms with Crippen LogP contribution in [0.15, 0.2) is 10.9 Å². The first-order valence-electron chi connectivity index (χ1n) is 5.78. The minimum Gasteiger partial charge on any atom is -0.391 e.